The minimum Gasteiger partial charge on any atom is -0.337 e. The smallest absolute Gasteiger partial charge is 0.317 e. The number of para-hydroxylation sites is 1. The highest BCUT2D eigenvalue weighted by Gasteiger charge is 2.28. The Morgan fingerprint density at radius 2 is 2.17 bits per heavy atom. The Balaban J connectivity index is 1.59. The van der Waals surface area contributed by atoms with Gasteiger partial charge in [0.05, 0.1) is 0 Å². The quantitative estimate of drug-likeness (QED) is 0.889. The van der Waals surface area contributed by atoms with Crippen molar-refractivity contribution >= 4 is 17.6 Å². The van der Waals surface area contributed by atoms with E-state index in [1.165, 1.54) is 0 Å². The number of benzene rings is 1. The van der Waals surface area contributed by atoms with E-state index in [9.17, 15) is 9.59 Å². The number of nitrogens with one attached hydrogen (secondary N) is 2. The summed E-state index contributed by atoms with van der Waals surface area (Å²) in [5.74, 6) is 0.0481. The number of likely N-dealkylation sites (tertiary alicyclic amines) is 1. The van der Waals surface area contributed by atoms with Crippen LogP contribution in [0.3, 0.4) is 0 Å². The third-order valence-corrected chi connectivity index (χ3v) is 5.02. The van der Waals surface area contributed by atoms with Crippen molar-refractivity contribution in [3.05, 3.63) is 29.8 Å². The standard InChI is InChI=1S/C18H26N4O2/c1-21(2)14-6-5-9-22(12-14)18(24)19-11-13-10-17(23)20-16-8-4-3-7-15(13)16/h3-4,7-8,13-14H,5-6,9-12H2,1-2H3,(H,19,24)(H,20,23)/t13-,14-/m0/s1. The van der Waals surface area contributed by atoms with E-state index in [1.54, 1.807) is 0 Å². The highest BCUT2D eigenvalue weighted by atomic mass is 16.2. The van der Waals surface area contributed by atoms with Gasteiger partial charge in [-0.1, -0.05) is 18.2 Å². The predicted molar refractivity (Wildman–Crippen MR) is 94.1 cm³/mol. The van der Waals surface area contributed by atoms with Gasteiger partial charge in [0.25, 0.3) is 0 Å². The van der Waals surface area contributed by atoms with E-state index in [1.807, 2.05) is 29.2 Å². The summed E-state index contributed by atoms with van der Waals surface area (Å²) in [4.78, 5) is 28.4. The van der Waals surface area contributed by atoms with Crippen molar-refractivity contribution in [2.45, 2.75) is 31.2 Å². The molecule has 1 fully saturated rings. The van der Waals surface area contributed by atoms with Crippen molar-refractivity contribution in [1.29, 1.82) is 0 Å². The maximum absolute atomic E-state index is 12.5. The van der Waals surface area contributed by atoms with Crippen LogP contribution in [-0.4, -0.2) is 61.5 Å². The average Bonchev–Trinajstić information content (AvgIpc) is 2.59. The normalized spacial score (nSPS) is 23.6. The molecule has 0 saturated carbocycles. The van der Waals surface area contributed by atoms with Crippen molar-refractivity contribution in [3.63, 3.8) is 0 Å². The minimum absolute atomic E-state index is 0.0126. The molecule has 0 spiro atoms. The fraction of sp³-hybridized carbons (Fsp3) is 0.556. The molecule has 2 heterocycles. The number of urea groups is 1. The van der Waals surface area contributed by atoms with Crippen LogP contribution >= 0.6 is 0 Å². The molecule has 1 aromatic rings. The van der Waals surface area contributed by atoms with Gasteiger partial charge in [0.2, 0.25) is 5.91 Å². The first-order valence-corrected chi connectivity index (χ1v) is 8.62. The molecular formula is C18H26N4O2. The zero-order chi connectivity index (χ0) is 17.1. The molecule has 0 aliphatic carbocycles. The van der Waals surface area contributed by atoms with Crippen LogP contribution in [0.25, 0.3) is 0 Å². The second kappa shape index (κ2) is 7.21. The van der Waals surface area contributed by atoms with E-state index >= 15 is 0 Å². The maximum Gasteiger partial charge on any atom is 0.317 e. The lowest BCUT2D eigenvalue weighted by atomic mass is 9.90. The summed E-state index contributed by atoms with van der Waals surface area (Å²) in [7, 11) is 4.12. The van der Waals surface area contributed by atoms with Gasteiger partial charge >= 0.3 is 6.03 Å². The van der Waals surface area contributed by atoms with Crippen LogP contribution in [0.4, 0.5) is 10.5 Å². The van der Waals surface area contributed by atoms with Crippen molar-refractivity contribution in [3.8, 4) is 0 Å². The molecule has 24 heavy (non-hydrogen) atoms. The lowest BCUT2D eigenvalue weighted by Crippen LogP contribution is -2.51. The number of carbonyl (C=O) groups excluding carboxylic acids is 2. The second-order valence-electron chi connectivity index (χ2n) is 6.93. The van der Waals surface area contributed by atoms with Gasteiger partial charge in [0, 0.05) is 43.7 Å². The molecule has 130 valence electrons. The van der Waals surface area contributed by atoms with Crippen molar-refractivity contribution < 1.29 is 9.59 Å². The van der Waals surface area contributed by atoms with E-state index in [2.05, 4.69) is 29.6 Å². The fourth-order valence-electron chi connectivity index (χ4n) is 3.57. The Labute approximate surface area is 143 Å². The molecule has 3 rings (SSSR count). The molecule has 2 N–H and O–H groups in total. The van der Waals surface area contributed by atoms with Crippen LogP contribution in [0.15, 0.2) is 24.3 Å². The van der Waals surface area contributed by atoms with Gasteiger partial charge in [-0.15, -0.1) is 0 Å². The monoisotopic (exact) mass is 330 g/mol. The summed E-state index contributed by atoms with van der Waals surface area (Å²) in [6, 6.07) is 8.21. The summed E-state index contributed by atoms with van der Waals surface area (Å²) in [6.07, 6.45) is 2.58. The van der Waals surface area contributed by atoms with E-state index < -0.39 is 0 Å². The molecule has 1 aromatic carbocycles. The highest BCUT2D eigenvalue weighted by molar-refractivity contribution is 5.94. The first-order valence-electron chi connectivity index (χ1n) is 8.62. The van der Waals surface area contributed by atoms with E-state index in [4.69, 9.17) is 0 Å². The van der Waals surface area contributed by atoms with Crippen LogP contribution < -0.4 is 10.6 Å². The Morgan fingerprint density at radius 1 is 1.38 bits per heavy atom. The van der Waals surface area contributed by atoms with Gasteiger partial charge in [-0.2, -0.15) is 0 Å². The molecule has 6 heteroatoms. The lowest BCUT2D eigenvalue weighted by molar-refractivity contribution is -0.116. The summed E-state index contributed by atoms with van der Waals surface area (Å²) in [5.41, 5.74) is 1.96. The van der Waals surface area contributed by atoms with Crippen molar-refractivity contribution in [1.82, 2.24) is 15.1 Å². The zero-order valence-electron chi connectivity index (χ0n) is 14.4. The third kappa shape index (κ3) is 3.70. The van der Waals surface area contributed by atoms with Gasteiger partial charge in [0.1, 0.15) is 0 Å². The number of likely N-dealkylation sites (N-methyl/N-ethyl adjacent to an activating group) is 1. The number of fused-ring (bicyclic) bond motifs is 1. The molecule has 0 aromatic heterocycles. The fourth-order valence-corrected chi connectivity index (χ4v) is 3.57. The number of anilines is 1. The number of amides is 3. The molecule has 2 aliphatic heterocycles. The van der Waals surface area contributed by atoms with E-state index in [0.717, 1.165) is 37.2 Å². The summed E-state index contributed by atoms with van der Waals surface area (Å²) < 4.78 is 0. The van der Waals surface area contributed by atoms with Gasteiger partial charge in [-0.3, -0.25) is 4.79 Å². The SMILES string of the molecule is CN(C)[C@H]1CCCN(C(=O)NC[C@@H]2CC(=O)Nc3ccccc32)C1. The average molecular weight is 330 g/mol. The Hall–Kier alpha value is -2.08. The van der Waals surface area contributed by atoms with Crippen LogP contribution in [0.5, 0.6) is 0 Å². The van der Waals surface area contributed by atoms with Crippen LogP contribution in [0, 0.1) is 0 Å². The van der Waals surface area contributed by atoms with E-state index in [0.29, 0.717) is 19.0 Å². The molecule has 0 bridgehead atoms. The van der Waals surface area contributed by atoms with Crippen molar-refractivity contribution in [2.24, 2.45) is 0 Å². The van der Waals surface area contributed by atoms with Crippen LogP contribution in [0.1, 0.15) is 30.7 Å². The maximum atomic E-state index is 12.5. The summed E-state index contributed by atoms with van der Waals surface area (Å²) >= 11 is 0. The number of rotatable bonds is 3. The van der Waals surface area contributed by atoms with Gasteiger partial charge in [-0.25, -0.2) is 4.79 Å². The van der Waals surface area contributed by atoms with Gasteiger partial charge in [-0.05, 0) is 38.6 Å². The van der Waals surface area contributed by atoms with Gasteiger partial charge in [0.15, 0.2) is 0 Å². The largest absolute Gasteiger partial charge is 0.337 e. The number of hydrogen-bond donors (Lipinski definition) is 2. The second-order valence-corrected chi connectivity index (χ2v) is 6.93. The van der Waals surface area contributed by atoms with E-state index in [-0.39, 0.29) is 17.9 Å². The number of carbonyl (C=O) groups is 2. The molecular weight excluding hydrogens is 304 g/mol. The number of nitrogens with zero attached hydrogens (tertiary/aromatic N) is 2. The molecule has 3 amide bonds. The van der Waals surface area contributed by atoms with Crippen LogP contribution in [0.2, 0.25) is 0 Å². The highest BCUT2D eigenvalue weighted by Crippen LogP contribution is 2.31. The molecule has 2 atom stereocenters. The Bertz CT molecular complexity index is 617. The van der Waals surface area contributed by atoms with Gasteiger partial charge < -0.3 is 20.4 Å². The number of hydrogen-bond acceptors (Lipinski definition) is 3. The number of piperidine rings is 1. The molecule has 2 aliphatic rings. The molecule has 0 unspecified atom stereocenters. The molecule has 1 saturated heterocycles. The first kappa shape index (κ1) is 16.8. The third-order valence-electron chi connectivity index (χ3n) is 5.02. The predicted octanol–water partition coefficient (Wildman–Crippen LogP) is 1.85. The lowest BCUT2D eigenvalue weighted by Gasteiger charge is -2.36. The van der Waals surface area contributed by atoms with Crippen molar-refractivity contribution in [2.75, 3.05) is 39.0 Å². The minimum atomic E-state index is -0.0231. The molecule has 0 radical (unpaired) electrons. The zero-order valence-corrected chi connectivity index (χ0v) is 14.4. The Kier molecular flexibility index (Phi) is 5.04. The Morgan fingerprint density at radius 3 is 2.96 bits per heavy atom. The summed E-state index contributed by atoms with van der Waals surface area (Å²) in [5, 5.41) is 5.92. The summed E-state index contributed by atoms with van der Waals surface area (Å²) in [6.45, 7) is 2.06. The molecule has 6 nitrogen and oxygen atoms in total. The van der Waals surface area contributed by atoms with Crippen LogP contribution in [-0.2, 0) is 4.79 Å². The topological polar surface area (TPSA) is 64.7 Å². The first-order chi connectivity index (χ1) is 11.5.